The van der Waals surface area contributed by atoms with E-state index in [4.69, 9.17) is 12.2 Å². The molecule has 2 amide bonds. The average Bonchev–Trinajstić information content (AvgIpc) is 3.24. The van der Waals surface area contributed by atoms with Gasteiger partial charge in [0.15, 0.2) is 10.6 Å². The number of hydrogen-bond acceptors (Lipinski definition) is 6. The van der Waals surface area contributed by atoms with Crippen LogP contribution in [0.3, 0.4) is 0 Å². The van der Waals surface area contributed by atoms with Gasteiger partial charge in [-0.3, -0.25) is 30.1 Å². The van der Waals surface area contributed by atoms with Gasteiger partial charge in [0.2, 0.25) is 0 Å². The Morgan fingerprint density at radius 3 is 2.76 bits per heavy atom. The fourth-order valence-corrected chi connectivity index (χ4v) is 3.02. The SMILES string of the molecule is O=C(Cn1c(-c2cccs2)n[nH]c1=S)NNC(=O)c1ccccc1O. The van der Waals surface area contributed by atoms with E-state index in [0.717, 1.165) is 4.88 Å². The van der Waals surface area contributed by atoms with Crippen LogP contribution in [0.5, 0.6) is 5.75 Å². The van der Waals surface area contributed by atoms with E-state index < -0.39 is 11.8 Å². The van der Waals surface area contributed by atoms with Crippen LogP contribution in [0.15, 0.2) is 41.8 Å². The number of carbonyl (C=O) groups is 2. The van der Waals surface area contributed by atoms with Crippen molar-refractivity contribution in [1.82, 2.24) is 25.6 Å². The third-order valence-electron chi connectivity index (χ3n) is 3.27. The summed E-state index contributed by atoms with van der Waals surface area (Å²) in [6.07, 6.45) is 0. The molecule has 128 valence electrons. The van der Waals surface area contributed by atoms with Gasteiger partial charge >= 0.3 is 0 Å². The average molecular weight is 375 g/mol. The van der Waals surface area contributed by atoms with Crippen molar-refractivity contribution in [2.24, 2.45) is 0 Å². The van der Waals surface area contributed by atoms with Gasteiger partial charge in [-0.25, -0.2) is 0 Å². The molecule has 0 aliphatic carbocycles. The summed E-state index contributed by atoms with van der Waals surface area (Å²) in [6.45, 7) is -0.121. The van der Waals surface area contributed by atoms with E-state index in [2.05, 4.69) is 21.0 Å². The van der Waals surface area contributed by atoms with Crippen molar-refractivity contribution in [1.29, 1.82) is 0 Å². The molecule has 3 aromatic rings. The fraction of sp³-hybridized carbons (Fsp3) is 0.0667. The number of amides is 2. The Hall–Kier alpha value is -2.98. The second-order valence-corrected chi connectivity index (χ2v) is 6.27. The molecule has 3 rings (SSSR count). The Balaban J connectivity index is 1.66. The highest BCUT2D eigenvalue weighted by Gasteiger charge is 2.15. The largest absolute Gasteiger partial charge is 0.507 e. The summed E-state index contributed by atoms with van der Waals surface area (Å²) in [4.78, 5) is 24.9. The van der Waals surface area contributed by atoms with Gasteiger partial charge in [0.1, 0.15) is 12.3 Å². The number of phenols is 1. The summed E-state index contributed by atoms with van der Waals surface area (Å²) in [5.74, 6) is -0.742. The van der Waals surface area contributed by atoms with Crippen molar-refractivity contribution >= 4 is 35.4 Å². The third kappa shape index (κ3) is 3.75. The van der Waals surface area contributed by atoms with Crippen molar-refractivity contribution in [3.05, 3.63) is 52.1 Å². The van der Waals surface area contributed by atoms with Gasteiger partial charge in [0.25, 0.3) is 11.8 Å². The molecule has 0 saturated carbocycles. The molecule has 0 unspecified atom stereocenters. The van der Waals surface area contributed by atoms with Crippen molar-refractivity contribution < 1.29 is 14.7 Å². The first kappa shape index (κ1) is 16.9. The Kier molecular flexibility index (Phi) is 4.91. The summed E-state index contributed by atoms with van der Waals surface area (Å²) >= 11 is 6.61. The number of nitrogens with one attached hydrogen (secondary N) is 3. The van der Waals surface area contributed by atoms with Gasteiger partial charge in [-0.1, -0.05) is 18.2 Å². The minimum atomic E-state index is -0.624. The molecule has 0 fully saturated rings. The second kappa shape index (κ2) is 7.28. The van der Waals surface area contributed by atoms with Gasteiger partial charge in [-0.05, 0) is 35.8 Å². The van der Waals surface area contributed by atoms with Gasteiger partial charge < -0.3 is 5.11 Å². The number of para-hydroxylation sites is 1. The molecule has 0 radical (unpaired) electrons. The lowest BCUT2D eigenvalue weighted by Gasteiger charge is -2.09. The molecule has 0 aliphatic rings. The molecule has 10 heteroatoms. The number of rotatable bonds is 4. The van der Waals surface area contributed by atoms with Gasteiger partial charge in [-0.15, -0.1) is 11.3 Å². The number of thiophene rings is 1. The lowest BCUT2D eigenvalue weighted by Crippen LogP contribution is -2.43. The highest BCUT2D eigenvalue weighted by Crippen LogP contribution is 2.22. The molecule has 4 N–H and O–H groups in total. The maximum absolute atomic E-state index is 12.1. The number of aromatic hydroxyl groups is 1. The molecule has 0 atom stereocenters. The highest BCUT2D eigenvalue weighted by atomic mass is 32.1. The molecule has 2 aromatic heterocycles. The van der Waals surface area contributed by atoms with Crippen LogP contribution in [0.2, 0.25) is 0 Å². The Morgan fingerprint density at radius 2 is 2.04 bits per heavy atom. The number of hydrogen-bond donors (Lipinski definition) is 4. The summed E-state index contributed by atoms with van der Waals surface area (Å²) < 4.78 is 1.83. The summed E-state index contributed by atoms with van der Waals surface area (Å²) in [6, 6.07) is 9.76. The monoisotopic (exact) mass is 375 g/mol. The van der Waals surface area contributed by atoms with Crippen LogP contribution >= 0.6 is 23.6 Å². The molecule has 0 bridgehead atoms. The molecule has 0 aliphatic heterocycles. The maximum Gasteiger partial charge on any atom is 0.273 e. The van der Waals surface area contributed by atoms with E-state index in [1.165, 1.54) is 28.0 Å². The van der Waals surface area contributed by atoms with E-state index in [1.807, 2.05) is 17.5 Å². The van der Waals surface area contributed by atoms with Crippen LogP contribution < -0.4 is 10.9 Å². The molecule has 25 heavy (non-hydrogen) atoms. The minimum absolute atomic E-state index is 0.0574. The van der Waals surface area contributed by atoms with E-state index in [0.29, 0.717) is 10.6 Å². The predicted octanol–water partition coefficient (Wildman–Crippen LogP) is 1.84. The standard InChI is InChI=1S/C15H13N5O3S2/c21-10-5-2-1-4-9(10)14(23)18-16-12(22)8-20-13(17-19-15(20)24)11-6-3-7-25-11/h1-7,21H,8H2,(H,16,22)(H,18,23)(H,19,24). The van der Waals surface area contributed by atoms with Crippen molar-refractivity contribution in [2.75, 3.05) is 0 Å². The molecular formula is C15H13N5O3S2. The zero-order valence-electron chi connectivity index (χ0n) is 12.7. The summed E-state index contributed by atoms with van der Waals surface area (Å²) in [5, 5.41) is 18.3. The molecule has 0 spiro atoms. The van der Waals surface area contributed by atoms with Crippen molar-refractivity contribution in [3.63, 3.8) is 0 Å². The number of aromatic amines is 1. The summed E-state index contributed by atoms with van der Waals surface area (Å²) in [5.41, 5.74) is 4.60. The van der Waals surface area contributed by atoms with E-state index in [9.17, 15) is 14.7 Å². The second-order valence-electron chi connectivity index (χ2n) is 4.94. The van der Waals surface area contributed by atoms with Crippen LogP contribution in [0.25, 0.3) is 10.7 Å². The molecule has 1 aromatic carbocycles. The van der Waals surface area contributed by atoms with E-state index in [1.54, 1.807) is 12.1 Å². The molecule has 2 heterocycles. The number of aromatic nitrogens is 3. The van der Waals surface area contributed by atoms with E-state index >= 15 is 0 Å². The molecule has 0 saturated heterocycles. The normalized spacial score (nSPS) is 10.4. The predicted molar refractivity (Wildman–Crippen MR) is 94.4 cm³/mol. The van der Waals surface area contributed by atoms with Crippen LogP contribution in [0, 0.1) is 4.77 Å². The lowest BCUT2D eigenvalue weighted by molar-refractivity contribution is -0.122. The van der Waals surface area contributed by atoms with Gasteiger partial charge in [0, 0.05) is 0 Å². The fourth-order valence-electron chi connectivity index (χ4n) is 2.10. The number of phenolic OH excluding ortho intramolecular Hbond substituents is 1. The first-order valence-corrected chi connectivity index (χ1v) is 8.41. The number of carbonyl (C=O) groups excluding carboxylic acids is 2. The smallest absolute Gasteiger partial charge is 0.273 e. The molecule has 8 nitrogen and oxygen atoms in total. The van der Waals surface area contributed by atoms with Crippen molar-refractivity contribution in [2.45, 2.75) is 6.54 Å². The van der Waals surface area contributed by atoms with Gasteiger partial charge in [-0.2, -0.15) is 5.10 Å². The zero-order chi connectivity index (χ0) is 17.8. The van der Waals surface area contributed by atoms with Gasteiger partial charge in [0.05, 0.1) is 10.4 Å². The first-order valence-electron chi connectivity index (χ1n) is 7.12. The number of benzene rings is 1. The quantitative estimate of drug-likeness (QED) is 0.411. The highest BCUT2D eigenvalue weighted by molar-refractivity contribution is 7.71. The van der Waals surface area contributed by atoms with Crippen LogP contribution in [-0.4, -0.2) is 31.7 Å². The Bertz CT molecular complexity index is 962. The minimum Gasteiger partial charge on any atom is -0.507 e. The van der Waals surface area contributed by atoms with Crippen molar-refractivity contribution in [3.8, 4) is 16.5 Å². The Labute approximate surface area is 151 Å². The topological polar surface area (TPSA) is 112 Å². The Morgan fingerprint density at radius 1 is 1.24 bits per heavy atom. The van der Waals surface area contributed by atoms with Crippen LogP contribution in [-0.2, 0) is 11.3 Å². The zero-order valence-corrected chi connectivity index (χ0v) is 14.4. The summed E-state index contributed by atoms with van der Waals surface area (Å²) in [7, 11) is 0. The van der Waals surface area contributed by atoms with E-state index in [-0.39, 0.29) is 17.9 Å². The molecular weight excluding hydrogens is 362 g/mol. The lowest BCUT2D eigenvalue weighted by atomic mass is 10.2. The number of hydrazine groups is 1. The van der Waals surface area contributed by atoms with Crippen LogP contribution in [0.4, 0.5) is 0 Å². The third-order valence-corrected chi connectivity index (χ3v) is 4.44. The van der Waals surface area contributed by atoms with Crippen LogP contribution in [0.1, 0.15) is 10.4 Å². The number of nitrogens with zero attached hydrogens (tertiary/aromatic N) is 2. The number of H-pyrrole nitrogens is 1. The first-order chi connectivity index (χ1) is 12.1. The maximum atomic E-state index is 12.1.